The number of nitrogens with one attached hydrogen (secondary N) is 1. The van der Waals surface area contributed by atoms with E-state index in [-0.39, 0.29) is 11.2 Å². The van der Waals surface area contributed by atoms with Crippen LogP contribution in [-0.4, -0.2) is 33.1 Å². The molecular formula is C20H29N5O2S. The number of aromatic nitrogens is 3. The standard InChI is InChI=1S/C20H29N5O2S/c1-14(19(26)22-16-9-11-17(27-2)12-10-16)28-20-24-23-18(25(20)21)13-8-15-6-4-3-5-7-15/h9-12,14-15H,3-8,13,21H2,1-2H3,(H,22,26)/t14-/m1/s1. The number of anilines is 1. The SMILES string of the molecule is COc1ccc(NC(=O)[C@@H](C)Sc2nnc(CCC3CCCCC3)n2N)cc1. The molecule has 1 saturated carbocycles. The van der Waals surface area contributed by atoms with Gasteiger partial charge in [0.05, 0.1) is 12.4 Å². The van der Waals surface area contributed by atoms with E-state index in [0.717, 1.165) is 36.0 Å². The molecule has 0 unspecified atom stereocenters. The van der Waals surface area contributed by atoms with Crippen LogP contribution in [0.4, 0.5) is 5.69 Å². The van der Waals surface area contributed by atoms with Crippen LogP contribution in [0.2, 0.25) is 0 Å². The number of ether oxygens (including phenoxy) is 1. The highest BCUT2D eigenvalue weighted by Crippen LogP contribution is 2.28. The number of nitrogens with zero attached hydrogens (tertiary/aromatic N) is 3. The van der Waals surface area contributed by atoms with E-state index >= 15 is 0 Å². The summed E-state index contributed by atoms with van der Waals surface area (Å²) in [5.41, 5.74) is 0.723. The number of hydrogen-bond donors (Lipinski definition) is 2. The van der Waals surface area contributed by atoms with E-state index in [1.54, 1.807) is 7.11 Å². The molecule has 1 atom stereocenters. The minimum atomic E-state index is -0.347. The average Bonchev–Trinajstić information content (AvgIpc) is 3.07. The summed E-state index contributed by atoms with van der Waals surface area (Å²) in [6.45, 7) is 1.83. The van der Waals surface area contributed by atoms with Gasteiger partial charge in [0, 0.05) is 12.1 Å². The molecule has 0 radical (unpaired) electrons. The fraction of sp³-hybridized carbons (Fsp3) is 0.550. The quantitative estimate of drug-likeness (QED) is 0.516. The number of thioether (sulfide) groups is 1. The zero-order valence-corrected chi connectivity index (χ0v) is 17.4. The van der Waals surface area contributed by atoms with Crippen LogP contribution in [0.1, 0.15) is 51.3 Å². The van der Waals surface area contributed by atoms with Crippen LogP contribution in [-0.2, 0) is 11.2 Å². The number of amides is 1. The summed E-state index contributed by atoms with van der Waals surface area (Å²) in [4.78, 5) is 12.5. The molecule has 0 saturated heterocycles. The van der Waals surface area contributed by atoms with Gasteiger partial charge in [-0.3, -0.25) is 4.79 Å². The van der Waals surface area contributed by atoms with Crippen molar-refractivity contribution in [3.63, 3.8) is 0 Å². The molecule has 0 bridgehead atoms. The first-order chi connectivity index (χ1) is 13.6. The summed E-state index contributed by atoms with van der Waals surface area (Å²) in [6.07, 6.45) is 8.59. The van der Waals surface area contributed by atoms with Crippen molar-refractivity contribution in [2.45, 2.75) is 62.3 Å². The van der Waals surface area contributed by atoms with E-state index in [1.807, 2.05) is 31.2 Å². The highest BCUT2D eigenvalue weighted by Gasteiger charge is 2.20. The Kier molecular flexibility index (Phi) is 7.19. The third-order valence-electron chi connectivity index (χ3n) is 5.25. The summed E-state index contributed by atoms with van der Waals surface area (Å²) < 4.78 is 6.66. The van der Waals surface area contributed by atoms with Crippen molar-refractivity contribution in [3.05, 3.63) is 30.1 Å². The van der Waals surface area contributed by atoms with Crippen molar-refractivity contribution in [3.8, 4) is 5.75 Å². The molecule has 1 fully saturated rings. The molecular weight excluding hydrogens is 374 g/mol. The third-order valence-corrected chi connectivity index (χ3v) is 6.30. The Labute approximate surface area is 170 Å². The van der Waals surface area contributed by atoms with Gasteiger partial charge in [0.2, 0.25) is 11.1 Å². The van der Waals surface area contributed by atoms with E-state index in [4.69, 9.17) is 10.6 Å². The largest absolute Gasteiger partial charge is 0.497 e. The van der Waals surface area contributed by atoms with E-state index in [2.05, 4.69) is 15.5 Å². The molecule has 1 aliphatic rings. The molecule has 0 aliphatic heterocycles. The Morgan fingerprint density at radius 2 is 2.00 bits per heavy atom. The molecule has 1 aromatic carbocycles. The highest BCUT2D eigenvalue weighted by molar-refractivity contribution is 8.00. The number of nitrogen functional groups attached to an aromatic ring is 1. The zero-order chi connectivity index (χ0) is 19.9. The Morgan fingerprint density at radius 1 is 1.29 bits per heavy atom. The molecule has 3 N–H and O–H groups in total. The van der Waals surface area contributed by atoms with E-state index in [1.165, 1.54) is 48.5 Å². The van der Waals surface area contributed by atoms with Gasteiger partial charge < -0.3 is 15.9 Å². The Hall–Kier alpha value is -2.22. The van der Waals surface area contributed by atoms with Crippen molar-refractivity contribution >= 4 is 23.4 Å². The summed E-state index contributed by atoms with van der Waals surface area (Å²) in [6, 6.07) is 7.23. The number of carbonyl (C=O) groups is 1. The van der Waals surface area contributed by atoms with Gasteiger partial charge in [-0.2, -0.15) is 0 Å². The second-order valence-corrected chi connectivity index (χ2v) is 8.60. The number of methoxy groups -OCH3 is 1. The first-order valence-corrected chi connectivity index (χ1v) is 10.8. The van der Waals surface area contributed by atoms with Gasteiger partial charge in [-0.15, -0.1) is 10.2 Å². The molecule has 8 heteroatoms. The second kappa shape index (κ2) is 9.82. The first kappa shape index (κ1) is 20.5. The second-order valence-electron chi connectivity index (χ2n) is 7.29. The highest BCUT2D eigenvalue weighted by atomic mass is 32.2. The normalized spacial score (nSPS) is 15.9. The molecule has 0 spiro atoms. The maximum atomic E-state index is 12.5. The van der Waals surface area contributed by atoms with Crippen LogP contribution < -0.4 is 15.9 Å². The Morgan fingerprint density at radius 3 is 2.68 bits per heavy atom. The lowest BCUT2D eigenvalue weighted by Gasteiger charge is -2.20. The van der Waals surface area contributed by atoms with E-state index < -0.39 is 0 Å². The average molecular weight is 404 g/mol. The third kappa shape index (κ3) is 5.41. The summed E-state index contributed by atoms with van der Waals surface area (Å²) in [5, 5.41) is 11.5. The molecule has 28 heavy (non-hydrogen) atoms. The number of aryl methyl sites for hydroxylation is 1. The smallest absolute Gasteiger partial charge is 0.237 e. The Bertz CT molecular complexity index is 771. The molecule has 1 aliphatic carbocycles. The lowest BCUT2D eigenvalue weighted by atomic mass is 9.86. The van der Waals surface area contributed by atoms with Gasteiger partial charge in [0.15, 0.2) is 5.82 Å². The predicted octanol–water partition coefficient (Wildman–Crippen LogP) is 3.63. The number of rotatable bonds is 8. The topological polar surface area (TPSA) is 95.1 Å². The zero-order valence-electron chi connectivity index (χ0n) is 16.6. The number of benzene rings is 1. The minimum absolute atomic E-state index is 0.109. The van der Waals surface area contributed by atoms with Crippen molar-refractivity contribution in [2.75, 3.05) is 18.3 Å². The maximum absolute atomic E-state index is 12.5. The van der Waals surface area contributed by atoms with Crippen LogP contribution in [0, 0.1) is 5.92 Å². The van der Waals surface area contributed by atoms with Crippen molar-refractivity contribution < 1.29 is 9.53 Å². The number of nitrogens with two attached hydrogens (primary N) is 1. The first-order valence-electron chi connectivity index (χ1n) is 9.87. The Balaban J connectivity index is 1.52. The van der Waals surface area contributed by atoms with Crippen LogP contribution in [0.15, 0.2) is 29.4 Å². The van der Waals surface area contributed by atoms with Crippen molar-refractivity contribution in [1.82, 2.24) is 14.9 Å². The molecule has 2 aromatic rings. The molecule has 3 rings (SSSR count). The maximum Gasteiger partial charge on any atom is 0.237 e. The fourth-order valence-electron chi connectivity index (χ4n) is 3.50. The van der Waals surface area contributed by atoms with E-state index in [0.29, 0.717) is 5.16 Å². The number of carbonyl (C=O) groups excluding carboxylic acids is 1. The molecule has 1 aromatic heterocycles. The van der Waals surface area contributed by atoms with E-state index in [9.17, 15) is 4.79 Å². The molecule has 1 amide bonds. The number of hydrogen-bond acceptors (Lipinski definition) is 6. The molecule has 1 heterocycles. The van der Waals surface area contributed by atoms with Gasteiger partial charge in [-0.05, 0) is 43.5 Å². The van der Waals surface area contributed by atoms with Gasteiger partial charge in [-0.25, -0.2) is 4.68 Å². The van der Waals surface area contributed by atoms with Crippen LogP contribution in [0.3, 0.4) is 0 Å². The monoisotopic (exact) mass is 403 g/mol. The minimum Gasteiger partial charge on any atom is -0.497 e. The molecule has 7 nitrogen and oxygen atoms in total. The molecule has 152 valence electrons. The van der Waals surface area contributed by atoms with Gasteiger partial charge >= 0.3 is 0 Å². The lowest BCUT2D eigenvalue weighted by molar-refractivity contribution is -0.115. The van der Waals surface area contributed by atoms with Gasteiger partial charge in [0.25, 0.3) is 0 Å². The van der Waals surface area contributed by atoms with Crippen molar-refractivity contribution in [2.24, 2.45) is 5.92 Å². The van der Waals surface area contributed by atoms with Crippen LogP contribution in [0.25, 0.3) is 0 Å². The summed E-state index contributed by atoms with van der Waals surface area (Å²) in [7, 11) is 1.61. The van der Waals surface area contributed by atoms with Gasteiger partial charge in [0.1, 0.15) is 5.75 Å². The summed E-state index contributed by atoms with van der Waals surface area (Å²) >= 11 is 1.32. The van der Waals surface area contributed by atoms with Crippen LogP contribution >= 0.6 is 11.8 Å². The summed E-state index contributed by atoms with van der Waals surface area (Å²) in [5.74, 6) is 8.38. The van der Waals surface area contributed by atoms with Crippen molar-refractivity contribution in [1.29, 1.82) is 0 Å². The lowest BCUT2D eigenvalue weighted by Crippen LogP contribution is -2.24. The predicted molar refractivity (Wildman–Crippen MR) is 112 cm³/mol. The fourth-order valence-corrected chi connectivity index (χ4v) is 4.29. The van der Waals surface area contributed by atoms with Gasteiger partial charge in [-0.1, -0.05) is 43.9 Å². The van der Waals surface area contributed by atoms with Crippen LogP contribution in [0.5, 0.6) is 5.75 Å².